The first-order chi connectivity index (χ1) is 9.26. The molecule has 0 aromatic heterocycles. The Labute approximate surface area is 117 Å². The van der Waals surface area contributed by atoms with Crippen LogP contribution in [-0.2, 0) is 4.74 Å². The van der Waals surface area contributed by atoms with Crippen LogP contribution in [0.15, 0.2) is 0 Å². The van der Waals surface area contributed by atoms with E-state index in [9.17, 15) is 0 Å². The van der Waals surface area contributed by atoms with E-state index in [1.165, 1.54) is 44.9 Å². The molecule has 1 aliphatic heterocycles. The van der Waals surface area contributed by atoms with Crippen molar-refractivity contribution in [3.63, 3.8) is 0 Å². The molecule has 1 saturated carbocycles. The minimum Gasteiger partial charge on any atom is -0.384 e. The summed E-state index contributed by atoms with van der Waals surface area (Å²) in [5.41, 5.74) is 6.62. The monoisotopic (exact) mass is 269 g/mol. The van der Waals surface area contributed by atoms with Gasteiger partial charge in [0.2, 0.25) is 0 Å². The van der Waals surface area contributed by atoms with Gasteiger partial charge in [-0.15, -0.1) is 0 Å². The summed E-state index contributed by atoms with van der Waals surface area (Å²) in [6, 6.07) is 0.843. The maximum absolute atomic E-state index is 6.31. The highest BCUT2D eigenvalue weighted by atomic mass is 16.5. The maximum atomic E-state index is 6.31. The predicted octanol–water partition coefficient (Wildman–Crippen LogP) is 1.25. The van der Waals surface area contributed by atoms with Crippen LogP contribution in [0.3, 0.4) is 0 Å². The number of piperidine rings is 1. The van der Waals surface area contributed by atoms with E-state index in [2.05, 4.69) is 10.6 Å². The molecule has 2 fully saturated rings. The van der Waals surface area contributed by atoms with E-state index in [1.54, 1.807) is 0 Å². The number of ether oxygens (including phenoxy) is 1. The molecule has 1 aliphatic carbocycles. The van der Waals surface area contributed by atoms with E-state index < -0.39 is 0 Å². The topological polar surface area (TPSA) is 59.3 Å². The summed E-state index contributed by atoms with van der Waals surface area (Å²) >= 11 is 0. The first-order valence-electron chi connectivity index (χ1n) is 7.94. The zero-order valence-corrected chi connectivity index (χ0v) is 12.4. The van der Waals surface area contributed by atoms with Crippen LogP contribution in [0.4, 0.5) is 0 Å². The van der Waals surface area contributed by atoms with E-state index >= 15 is 0 Å². The van der Waals surface area contributed by atoms with Crippen molar-refractivity contribution in [1.29, 1.82) is 0 Å². The standard InChI is InChI=1S/C15H31N3O/c1-19-12-15(7-9-17-10-8-15)11-18-14-6-4-2-3-5-13(14)16/h13-14,17-18H,2-12,16H2,1H3. The van der Waals surface area contributed by atoms with Crippen molar-refractivity contribution in [1.82, 2.24) is 10.6 Å². The Morgan fingerprint density at radius 1 is 1.21 bits per heavy atom. The van der Waals surface area contributed by atoms with E-state index in [1.807, 2.05) is 7.11 Å². The molecular formula is C15H31N3O. The molecule has 1 heterocycles. The Balaban J connectivity index is 1.86. The highest BCUT2D eigenvalue weighted by Gasteiger charge is 2.33. The zero-order chi connectivity index (χ0) is 13.6. The quantitative estimate of drug-likeness (QED) is 0.658. The molecule has 19 heavy (non-hydrogen) atoms. The van der Waals surface area contributed by atoms with Gasteiger partial charge in [0.05, 0.1) is 6.61 Å². The molecule has 4 N–H and O–H groups in total. The molecule has 0 aromatic carbocycles. The fourth-order valence-electron chi connectivity index (χ4n) is 3.57. The molecule has 0 bridgehead atoms. The predicted molar refractivity (Wildman–Crippen MR) is 79.3 cm³/mol. The fraction of sp³-hybridized carbons (Fsp3) is 1.00. The second kappa shape index (κ2) is 7.58. The van der Waals surface area contributed by atoms with Gasteiger partial charge in [0, 0.05) is 31.2 Å². The van der Waals surface area contributed by atoms with Crippen molar-refractivity contribution < 1.29 is 4.74 Å². The van der Waals surface area contributed by atoms with E-state index in [4.69, 9.17) is 10.5 Å². The first kappa shape index (κ1) is 15.2. The van der Waals surface area contributed by atoms with Crippen molar-refractivity contribution in [2.24, 2.45) is 11.1 Å². The van der Waals surface area contributed by atoms with Crippen LogP contribution in [0.1, 0.15) is 44.9 Å². The summed E-state index contributed by atoms with van der Waals surface area (Å²) in [6.45, 7) is 4.15. The third-order valence-corrected chi connectivity index (χ3v) is 4.92. The summed E-state index contributed by atoms with van der Waals surface area (Å²) in [5.74, 6) is 0. The largest absolute Gasteiger partial charge is 0.384 e. The van der Waals surface area contributed by atoms with Gasteiger partial charge >= 0.3 is 0 Å². The molecule has 0 radical (unpaired) electrons. The van der Waals surface area contributed by atoms with Gasteiger partial charge in [-0.25, -0.2) is 0 Å². The highest BCUT2D eigenvalue weighted by Crippen LogP contribution is 2.29. The van der Waals surface area contributed by atoms with Gasteiger partial charge in [0.1, 0.15) is 0 Å². The summed E-state index contributed by atoms with van der Waals surface area (Å²) in [6.07, 6.45) is 8.79. The molecule has 2 unspecified atom stereocenters. The van der Waals surface area contributed by atoms with Crippen molar-refractivity contribution in [3.05, 3.63) is 0 Å². The normalized spacial score (nSPS) is 31.9. The van der Waals surface area contributed by atoms with Crippen LogP contribution >= 0.6 is 0 Å². The van der Waals surface area contributed by atoms with E-state index in [-0.39, 0.29) is 0 Å². The molecule has 0 spiro atoms. The lowest BCUT2D eigenvalue weighted by atomic mass is 9.79. The molecule has 2 atom stereocenters. The van der Waals surface area contributed by atoms with Crippen LogP contribution in [0, 0.1) is 5.41 Å². The van der Waals surface area contributed by atoms with Crippen molar-refractivity contribution in [3.8, 4) is 0 Å². The Kier molecular flexibility index (Phi) is 6.07. The minimum atomic E-state index is 0.312. The Morgan fingerprint density at radius 2 is 1.95 bits per heavy atom. The van der Waals surface area contributed by atoms with E-state index in [0.717, 1.165) is 26.2 Å². The molecule has 4 nitrogen and oxygen atoms in total. The van der Waals surface area contributed by atoms with Crippen LogP contribution in [0.5, 0.6) is 0 Å². The van der Waals surface area contributed by atoms with Gasteiger partial charge in [-0.3, -0.25) is 0 Å². The van der Waals surface area contributed by atoms with Gasteiger partial charge in [0.25, 0.3) is 0 Å². The molecule has 4 heteroatoms. The van der Waals surface area contributed by atoms with Crippen molar-refractivity contribution in [2.75, 3.05) is 33.4 Å². The van der Waals surface area contributed by atoms with E-state index in [0.29, 0.717) is 17.5 Å². The second-order valence-electron chi connectivity index (χ2n) is 6.47. The number of rotatable bonds is 5. The summed E-state index contributed by atoms with van der Waals surface area (Å²) < 4.78 is 5.48. The van der Waals surface area contributed by atoms with Gasteiger partial charge in [-0.1, -0.05) is 19.3 Å². The van der Waals surface area contributed by atoms with Crippen molar-refractivity contribution >= 4 is 0 Å². The minimum absolute atomic E-state index is 0.312. The fourth-order valence-corrected chi connectivity index (χ4v) is 3.57. The summed E-state index contributed by atoms with van der Waals surface area (Å²) in [7, 11) is 1.82. The van der Waals surface area contributed by atoms with Gasteiger partial charge in [-0.05, 0) is 38.8 Å². The van der Waals surface area contributed by atoms with Gasteiger partial charge in [0.15, 0.2) is 0 Å². The highest BCUT2D eigenvalue weighted by molar-refractivity contribution is 4.90. The average Bonchev–Trinajstić information content (AvgIpc) is 2.63. The number of nitrogens with two attached hydrogens (primary N) is 1. The third kappa shape index (κ3) is 4.42. The molecule has 0 aromatic rings. The average molecular weight is 269 g/mol. The third-order valence-electron chi connectivity index (χ3n) is 4.92. The lowest BCUT2D eigenvalue weighted by molar-refractivity contribution is 0.0505. The summed E-state index contributed by atoms with van der Waals surface area (Å²) in [4.78, 5) is 0. The van der Waals surface area contributed by atoms with Gasteiger partial charge in [-0.2, -0.15) is 0 Å². The van der Waals surface area contributed by atoms with Crippen LogP contribution in [0.25, 0.3) is 0 Å². The Morgan fingerprint density at radius 3 is 2.68 bits per heavy atom. The Bertz CT molecular complexity index is 248. The molecule has 1 saturated heterocycles. The number of hydrogen-bond acceptors (Lipinski definition) is 4. The lowest BCUT2D eigenvalue weighted by Crippen LogP contribution is -2.52. The van der Waals surface area contributed by atoms with Crippen LogP contribution in [-0.4, -0.2) is 45.4 Å². The number of hydrogen-bond donors (Lipinski definition) is 3. The molecule has 112 valence electrons. The van der Waals surface area contributed by atoms with Crippen LogP contribution < -0.4 is 16.4 Å². The number of nitrogens with one attached hydrogen (secondary N) is 2. The zero-order valence-electron chi connectivity index (χ0n) is 12.4. The SMILES string of the molecule is COCC1(CNC2CCCCCC2N)CCNCC1. The molecule has 2 rings (SSSR count). The Hall–Kier alpha value is -0.160. The smallest absolute Gasteiger partial charge is 0.0531 e. The summed E-state index contributed by atoms with van der Waals surface area (Å²) in [5, 5.41) is 7.22. The molecule has 0 amide bonds. The number of methoxy groups -OCH3 is 1. The van der Waals surface area contributed by atoms with Gasteiger partial charge < -0.3 is 21.1 Å². The van der Waals surface area contributed by atoms with Crippen molar-refractivity contribution in [2.45, 2.75) is 57.0 Å². The molecular weight excluding hydrogens is 238 g/mol. The maximum Gasteiger partial charge on any atom is 0.0531 e. The lowest BCUT2D eigenvalue weighted by Gasteiger charge is -2.39. The first-order valence-corrected chi connectivity index (χ1v) is 7.94. The van der Waals surface area contributed by atoms with Crippen LogP contribution in [0.2, 0.25) is 0 Å². The molecule has 2 aliphatic rings. The second-order valence-corrected chi connectivity index (χ2v) is 6.47.